The molecule has 2 aliphatic rings. The van der Waals surface area contributed by atoms with Crippen LogP contribution in [0.3, 0.4) is 0 Å². The van der Waals surface area contributed by atoms with Crippen LogP contribution in [-0.2, 0) is 23.9 Å². The molecule has 1 aliphatic heterocycles. The SMILES string of the molecule is CCC[C@@H]([C@@H](CC1CCCCC1)C(=O)OCC(F)(F)C(F)(F)F)N(C=O)OC1CCCCO1. The fourth-order valence-electron chi connectivity index (χ4n) is 4.46. The molecule has 0 radical (unpaired) electrons. The lowest BCUT2D eigenvalue weighted by molar-refractivity contribution is -0.298. The quantitative estimate of drug-likeness (QED) is 0.160. The second-order valence-corrected chi connectivity index (χ2v) is 8.88. The molecule has 3 atom stereocenters. The van der Waals surface area contributed by atoms with E-state index in [1.807, 2.05) is 6.92 Å². The van der Waals surface area contributed by atoms with E-state index in [0.717, 1.165) is 50.0 Å². The van der Waals surface area contributed by atoms with E-state index < -0.39 is 42.9 Å². The van der Waals surface area contributed by atoms with Gasteiger partial charge < -0.3 is 9.47 Å². The third-order valence-electron chi connectivity index (χ3n) is 6.28. The number of amides is 1. The molecular weight excluding hydrogens is 453 g/mol. The number of esters is 1. The van der Waals surface area contributed by atoms with Gasteiger partial charge >= 0.3 is 18.1 Å². The monoisotopic (exact) mass is 487 g/mol. The molecule has 0 aromatic rings. The van der Waals surface area contributed by atoms with Crippen LogP contribution in [0.15, 0.2) is 0 Å². The van der Waals surface area contributed by atoms with E-state index in [4.69, 9.17) is 9.57 Å². The molecule has 1 aliphatic carbocycles. The average molecular weight is 488 g/mol. The van der Waals surface area contributed by atoms with Crippen molar-refractivity contribution in [2.24, 2.45) is 11.8 Å². The lowest BCUT2D eigenvalue weighted by atomic mass is 9.79. The lowest BCUT2D eigenvalue weighted by Crippen LogP contribution is -2.48. The summed E-state index contributed by atoms with van der Waals surface area (Å²) in [5.74, 6) is -7.35. The number of halogens is 5. The molecule has 0 aromatic carbocycles. The van der Waals surface area contributed by atoms with Gasteiger partial charge in [-0.25, -0.2) is 9.90 Å². The van der Waals surface area contributed by atoms with Crippen molar-refractivity contribution in [3.8, 4) is 0 Å². The predicted molar refractivity (Wildman–Crippen MR) is 108 cm³/mol. The minimum atomic E-state index is -5.83. The van der Waals surface area contributed by atoms with Crippen LogP contribution < -0.4 is 0 Å². The van der Waals surface area contributed by atoms with Crippen molar-refractivity contribution in [3.63, 3.8) is 0 Å². The van der Waals surface area contributed by atoms with Gasteiger partial charge in [-0.1, -0.05) is 45.4 Å². The zero-order chi connectivity index (χ0) is 24.5. The molecule has 11 heteroatoms. The minimum Gasteiger partial charge on any atom is -0.459 e. The molecule has 1 heterocycles. The number of carbonyl (C=O) groups is 2. The van der Waals surface area contributed by atoms with E-state index in [2.05, 4.69) is 4.74 Å². The van der Waals surface area contributed by atoms with Gasteiger partial charge in [0, 0.05) is 13.0 Å². The number of hydrogen-bond donors (Lipinski definition) is 0. The fraction of sp³-hybridized carbons (Fsp3) is 0.909. The van der Waals surface area contributed by atoms with Gasteiger partial charge in [0.2, 0.25) is 6.41 Å². The highest BCUT2D eigenvalue weighted by molar-refractivity contribution is 5.74. The number of hydrogen-bond acceptors (Lipinski definition) is 5. The number of carbonyl (C=O) groups excluding carboxylic acids is 2. The Bertz CT molecular complexity index is 606. The van der Waals surface area contributed by atoms with Crippen molar-refractivity contribution in [3.05, 3.63) is 0 Å². The summed E-state index contributed by atoms with van der Waals surface area (Å²) in [6.07, 6.45) is 1.71. The molecule has 192 valence electrons. The first kappa shape index (κ1) is 27.8. The van der Waals surface area contributed by atoms with Crippen molar-refractivity contribution in [1.82, 2.24) is 5.06 Å². The van der Waals surface area contributed by atoms with Gasteiger partial charge in [-0.3, -0.25) is 9.59 Å². The molecule has 0 bridgehead atoms. The Morgan fingerprint density at radius 3 is 2.30 bits per heavy atom. The Balaban J connectivity index is 2.20. The summed E-state index contributed by atoms with van der Waals surface area (Å²) in [6.45, 7) is 0.173. The van der Waals surface area contributed by atoms with Gasteiger partial charge in [-0.05, 0) is 31.6 Å². The summed E-state index contributed by atoms with van der Waals surface area (Å²) in [7, 11) is 0. The highest BCUT2D eigenvalue weighted by atomic mass is 19.4. The highest BCUT2D eigenvalue weighted by Gasteiger charge is 2.58. The van der Waals surface area contributed by atoms with E-state index in [0.29, 0.717) is 25.9 Å². The van der Waals surface area contributed by atoms with E-state index in [9.17, 15) is 31.5 Å². The summed E-state index contributed by atoms with van der Waals surface area (Å²) in [4.78, 5) is 30.4. The lowest BCUT2D eigenvalue weighted by Gasteiger charge is -2.37. The summed E-state index contributed by atoms with van der Waals surface area (Å²) in [6, 6.07) is -0.869. The van der Waals surface area contributed by atoms with Gasteiger partial charge in [0.25, 0.3) is 0 Å². The Kier molecular flexibility index (Phi) is 10.8. The van der Waals surface area contributed by atoms with Crippen molar-refractivity contribution in [2.45, 2.75) is 102 Å². The standard InChI is InChI=1S/C22H34F5NO5/c1-2-8-18(28(15-29)33-19-11-6-7-12-31-19)17(13-16-9-4-3-5-10-16)20(30)32-14-21(23,24)22(25,26)27/h15-19H,2-14H2,1H3/t17-,18+,19?/m1/s1. The Labute approximate surface area is 191 Å². The van der Waals surface area contributed by atoms with E-state index in [1.54, 1.807) is 0 Å². The number of hydroxylamine groups is 2. The van der Waals surface area contributed by atoms with Crippen molar-refractivity contribution in [1.29, 1.82) is 0 Å². The summed E-state index contributed by atoms with van der Waals surface area (Å²) in [5, 5.41) is 0.968. The topological polar surface area (TPSA) is 65.1 Å². The van der Waals surface area contributed by atoms with Crippen LogP contribution in [0.5, 0.6) is 0 Å². The average Bonchev–Trinajstić information content (AvgIpc) is 2.79. The second-order valence-electron chi connectivity index (χ2n) is 8.88. The molecule has 33 heavy (non-hydrogen) atoms. The van der Waals surface area contributed by atoms with Crippen LogP contribution in [0.1, 0.15) is 77.6 Å². The molecule has 2 fully saturated rings. The third-order valence-corrected chi connectivity index (χ3v) is 6.28. The van der Waals surface area contributed by atoms with Crippen molar-refractivity contribution >= 4 is 12.4 Å². The Morgan fingerprint density at radius 2 is 1.76 bits per heavy atom. The molecule has 0 N–H and O–H groups in total. The Morgan fingerprint density at radius 1 is 1.09 bits per heavy atom. The van der Waals surface area contributed by atoms with E-state index >= 15 is 0 Å². The number of alkyl halides is 5. The van der Waals surface area contributed by atoms with Gasteiger partial charge in [0.1, 0.15) is 0 Å². The van der Waals surface area contributed by atoms with Crippen LogP contribution in [0.4, 0.5) is 22.0 Å². The predicted octanol–water partition coefficient (Wildman–Crippen LogP) is 5.40. The van der Waals surface area contributed by atoms with Crippen molar-refractivity contribution < 1.29 is 45.9 Å². The molecule has 6 nitrogen and oxygen atoms in total. The maximum absolute atomic E-state index is 13.4. The molecule has 1 saturated heterocycles. The first-order chi connectivity index (χ1) is 15.6. The van der Waals surface area contributed by atoms with E-state index in [1.165, 1.54) is 0 Å². The number of ether oxygens (including phenoxy) is 2. The van der Waals surface area contributed by atoms with Gasteiger partial charge in [-0.15, -0.1) is 0 Å². The highest BCUT2D eigenvalue weighted by Crippen LogP contribution is 2.37. The zero-order valence-electron chi connectivity index (χ0n) is 19.0. The largest absolute Gasteiger partial charge is 0.459 e. The van der Waals surface area contributed by atoms with Gasteiger partial charge in [-0.2, -0.15) is 22.0 Å². The van der Waals surface area contributed by atoms with Crippen LogP contribution >= 0.6 is 0 Å². The van der Waals surface area contributed by atoms with Crippen molar-refractivity contribution in [2.75, 3.05) is 13.2 Å². The first-order valence-electron chi connectivity index (χ1n) is 11.7. The second kappa shape index (κ2) is 12.8. The van der Waals surface area contributed by atoms with Gasteiger partial charge in [0.15, 0.2) is 12.9 Å². The molecule has 1 unspecified atom stereocenters. The molecule has 1 amide bonds. The van der Waals surface area contributed by atoms with Crippen LogP contribution in [-0.4, -0.2) is 55.1 Å². The maximum Gasteiger partial charge on any atom is 0.456 e. The normalized spacial score (nSPS) is 22.4. The fourth-order valence-corrected chi connectivity index (χ4v) is 4.46. The molecule has 2 rings (SSSR count). The molecule has 0 aromatic heterocycles. The summed E-state index contributed by atoms with van der Waals surface area (Å²) >= 11 is 0. The van der Waals surface area contributed by atoms with Crippen LogP contribution in [0, 0.1) is 11.8 Å². The number of rotatable bonds is 12. The molecule has 0 spiro atoms. The minimum absolute atomic E-state index is 0.0817. The number of nitrogens with zero attached hydrogens (tertiary/aromatic N) is 1. The molecule has 1 saturated carbocycles. The van der Waals surface area contributed by atoms with Gasteiger partial charge in [0.05, 0.1) is 12.0 Å². The summed E-state index contributed by atoms with van der Waals surface area (Å²) < 4.78 is 74.4. The van der Waals surface area contributed by atoms with Crippen LogP contribution in [0.25, 0.3) is 0 Å². The summed E-state index contributed by atoms with van der Waals surface area (Å²) in [5.41, 5.74) is 0. The zero-order valence-corrected chi connectivity index (χ0v) is 19.0. The first-order valence-corrected chi connectivity index (χ1v) is 11.7. The van der Waals surface area contributed by atoms with E-state index in [-0.39, 0.29) is 18.8 Å². The third kappa shape index (κ3) is 8.35. The van der Waals surface area contributed by atoms with Crippen LogP contribution in [0.2, 0.25) is 0 Å². The maximum atomic E-state index is 13.4. The smallest absolute Gasteiger partial charge is 0.456 e. The Hall–Kier alpha value is -1.49. The molecular formula is C22H34F5NO5.